The van der Waals surface area contributed by atoms with Crippen molar-refractivity contribution in [2.45, 2.75) is 13.5 Å². The minimum Gasteiger partial charge on any atom is -0.486 e. The van der Waals surface area contributed by atoms with Crippen molar-refractivity contribution in [2.75, 3.05) is 18.5 Å². The van der Waals surface area contributed by atoms with Gasteiger partial charge in [-0.25, -0.2) is 0 Å². The highest BCUT2D eigenvalue weighted by atomic mass is 79.9. The van der Waals surface area contributed by atoms with Gasteiger partial charge in [0.05, 0.1) is 0 Å². The standard InChI is InChI=1S/C16H16BrNO2/c1-11-13(17)5-3-6-14(11)18-10-12-4-2-7-15-16(12)20-9-8-19-15/h2-7,18H,8-10H2,1H3. The molecular formula is C16H16BrNO2. The van der Waals surface area contributed by atoms with Crippen LogP contribution in [-0.4, -0.2) is 13.2 Å². The van der Waals surface area contributed by atoms with Gasteiger partial charge in [0.25, 0.3) is 0 Å². The quantitative estimate of drug-likeness (QED) is 0.915. The molecule has 104 valence electrons. The zero-order valence-corrected chi connectivity index (χ0v) is 12.9. The lowest BCUT2D eigenvalue weighted by atomic mass is 10.1. The van der Waals surface area contributed by atoms with Gasteiger partial charge in [0, 0.05) is 22.3 Å². The maximum absolute atomic E-state index is 5.72. The molecule has 0 saturated heterocycles. The number of hydrogen-bond donors (Lipinski definition) is 1. The molecule has 0 unspecified atom stereocenters. The van der Waals surface area contributed by atoms with Crippen LogP contribution in [0.5, 0.6) is 11.5 Å². The van der Waals surface area contributed by atoms with E-state index >= 15 is 0 Å². The topological polar surface area (TPSA) is 30.5 Å². The average molecular weight is 334 g/mol. The molecule has 4 heteroatoms. The van der Waals surface area contributed by atoms with E-state index in [9.17, 15) is 0 Å². The molecule has 1 N–H and O–H groups in total. The normalized spacial score (nSPS) is 13.1. The lowest BCUT2D eigenvalue weighted by molar-refractivity contribution is 0.170. The first-order chi connectivity index (χ1) is 9.75. The molecule has 0 saturated carbocycles. The fraction of sp³-hybridized carbons (Fsp3) is 0.250. The zero-order valence-electron chi connectivity index (χ0n) is 11.3. The molecule has 3 rings (SSSR count). The van der Waals surface area contributed by atoms with E-state index in [1.807, 2.05) is 24.3 Å². The Morgan fingerprint density at radius 2 is 1.90 bits per heavy atom. The smallest absolute Gasteiger partial charge is 0.166 e. The number of rotatable bonds is 3. The molecule has 0 fully saturated rings. The molecular weight excluding hydrogens is 318 g/mol. The van der Waals surface area contributed by atoms with Crippen molar-refractivity contribution >= 4 is 21.6 Å². The first kappa shape index (κ1) is 13.3. The van der Waals surface area contributed by atoms with Gasteiger partial charge in [0.1, 0.15) is 13.2 Å². The molecule has 0 amide bonds. The number of nitrogens with one attached hydrogen (secondary N) is 1. The molecule has 0 spiro atoms. The van der Waals surface area contributed by atoms with Crippen LogP contribution in [0.1, 0.15) is 11.1 Å². The summed E-state index contributed by atoms with van der Waals surface area (Å²) in [6.45, 7) is 4.03. The Bertz CT molecular complexity index is 628. The molecule has 2 aromatic carbocycles. The SMILES string of the molecule is Cc1c(Br)cccc1NCc1cccc2c1OCCO2. The summed E-state index contributed by atoms with van der Waals surface area (Å²) < 4.78 is 12.4. The Hall–Kier alpha value is -1.68. The van der Waals surface area contributed by atoms with Crippen LogP contribution in [0.3, 0.4) is 0 Å². The fourth-order valence-corrected chi connectivity index (χ4v) is 2.63. The average Bonchev–Trinajstić information content (AvgIpc) is 2.49. The van der Waals surface area contributed by atoms with Gasteiger partial charge in [-0.2, -0.15) is 0 Å². The Morgan fingerprint density at radius 1 is 1.10 bits per heavy atom. The lowest BCUT2D eigenvalue weighted by Crippen LogP contribution is -2.17. The highest BCUT2D eigenvalue weighted by molar-refractivity contribution is 9.10. The largest absolute Gasteiger partial charge is 0.486 e. The van der Waals surface area contributed by atoms with Crippen LogP contribution in [0.15, 0.2) is 40.9 Å². The van der Waals surface area contributed by atoms with Crippen molar-refractivity contribution in [1.29, 1.82) is 0 Å². The van der Waals surface area contributed by atoms with Gasteiger partial charge in [0.2, 0.25) is 0 Å². The maximum atomic E-state index is 5.72. The lowest BCUT2D eigenvalue weighted by Gasteiger charge is -2.21. The van der Waals surface area contributed by atoms with E-state index in [0.717, 1.165) is 27.2 Å². The summed E-state index contributed by atoms with van der Waals surface area (Å²) >= 11 is 3.55. The van der Waals surface area contributed by atoms with Crippen LogP contribution in [0.25, 0.3) is 0 Å². The molecule has 0 atom stereocenters. The second-order valence-corrected chi connectivity index (χ2v) is 5.56. The summed E-state index contributed by atoms with van der Waals surface area (Å²) in [4.78, 5) is 0. The number of fused-ring (bicyclic) bond motifs is 1. The third-order valence-corrected chi connectivity index (χ3v) is 4.24. The molecule has 0 bridgehead atoms. The van der Waals surface area contributed by atoms with Gasteiger partial charge >= 0.3 is 0 Å². The first-order valence-electron chi connectivity index (χ1n) is 6.62. The van der Waals surface area contributed by atoms with E-state index in [0.29, 0.717) is 19.8 Å². The highest BCUT2D eigenvalue weighted by Gasteiger charge is 2.15. The van der Waals surface area contributed by atoms with Crippen LogP contribution < -0.4 is 14.8 Å². The molecule has 2 aromatic rings. The van der Waals surface area contributed by atoms with Gasteiger partial charge in [-0.3, -0.25) is 0 Å². The minimum absolute atomic E-state index is 0.611. The van der Waals surface area contributed by atoms with E-state index in [1.54, 1.807) is 0 Å². The van der Waals surface area contributed by atoms with Crippen LogP contribution in [0.4, 0.5) is 5.69 Å². The number of benzene rings is 2. The molecule has 3 nitrogen and oxygen atoms in total. The summed E-state index contributed by atoms with van der Waals surface area (Å²) in [7, 11) is 0. The van der Waals surface area contributed by atoms with Gasteiger partial charge in [-0.05, 0) is 30.7 Å². The Kier molecular flexibility index (Phi) is 3.83. The molecule has 20 heavy (non-hydrogen) atoms. The summed E-state index contributed by atoms with van der Waals surface area (Å²) in [6, 6.07) is 12.2. The second kappa shape index (κ2) is 5.75. The summed E-state index contributed by atoms with van der Waals surface area (Å²) in [5.41, 5.74) is 3.43. The third kappa shape index (κ3) is 2.61. The van der Waals surface area contributed by atoms with Gasteiger partial charge < -0.3 is 14.8 Å². The zero-order chi connectivity index (χ0) is 13.9. The predicted octanol–water partition coefficient (Wildman–Crippen LogP) is 4.14. The summed E-state index contributed by atoms with van der Waals surface area (Å²) in [5.74, 6) is 1.69. The van der Waals surface area contributed by atoms with Crippen molar-refractivity contribution in [3.8, 4) is 11.5 Å². The van der Waals surface area contributed by atoms with Gasteiger partial charge in [0.15, 0.2) is 11.5 Å². The molecule has 0 aromatic heterocycles. The number of halogens is 1. The molecule has 0 radical (unpaired) electrons. The predicted molar refractivity (Wildman–Crippen MR) is 83.6 cm³/mol. The van der Waals surface area contributed by atoms with Crippen molar-refractivity contribution in [3.63, 3.8) is 0 Å². The second-order valence-electron chi connectivity index (χ2n) is 4.71. The first-order valence-corrected chi connectivity index (χ1v) is 7.41. The van der Waals surface area contributed by atoms with E-state index in [1.165, 1.54) is 5.56 Å². The van der Waals surface area contributed by atoms with Crippen LogP contribution in [0.2, 0.25) is 0 Å². The molecule has 1 aliphatic heterocycles. The number of anilines is 1. The van der Waals surface area contributed by atoms with Crippen molar-refractivity contribution < 1.29 is 9.47 Å². The van der Waals surface area contributed by atoms with E-state index < -0.39 is 0 Å². The van der Waals surface area contributed by atoms with Gasteiger partial charge in [-0.1, -0.05) is 34.1 Å². The van der Waals surface area contributed by atoms with E-state index in [2.05, 4.69) is 40.3 Å². The monoisotopic (exact) mass is 333 g/mol. The Balaban J connectivity index is 1.80. The van der Waals surface area contributed by atoms with Gasteiger partial charge in [-0.15, -0.1) is 0 Å². The van der Waals surface area contributed by atoms with Crippen molar-refractivity contribution in [3.05, 3.63) is 52.0 Å². The number of para-hydroxylation sites is 1. The molecule has 0 aliphatic carbocycles. The van der Waals surface area contributed by atoms with Crippen LogP contribution in [-0.2, 0) is 6.54 Å². The van der Waals surface area contributed by atoms with Crippen LogP contribution >= 0.6 is 15.9 Å². The number of hydrogen-bond acceptors (Lipinski definition) is 3. The Morgan fingerprint density at radius 3 is 2.80 bits per heavy atom. The highest BCUT2D eigenvalue weighted by Crippen LogP contribution is 2.34. The summed E-state index contributed by atoms with van der Waals surface area (Å²) in [5, 5.41) is 3.45. The Labute approximate surface area is 127 Å². The summed E-state index contributed by atoms with van der Waals surface area (Å²) in [6.07, 6.45) is 0. The number of ether oxygens (including phenoxy) is 2. The fourth-order valence-electron chi connectivity index (χ4n) is 2.26. The van der Waals surface area contributed by atoms with Crippen molar-refractivity contribution in [1.82, 2.24) is 0 Å². The molecule has 1 aliphatic rings. The minimum atomic E-state index is 0.611. The van der Waals surface area contributed by atoms with Crippen molar-refractivity contribution in [2.24, 2.45) is 0 Å². The molecule has 1 heterocycles. The maximum Gasteiger partial charge on any atom is 0.166 e. The third-order valence-electron chi connectivity index (χ3n) is 3.38. The van der Waals surface area contributed by atoms with E-state index in [-0.39, 0.29) is 0 Å². The van der Waals surface area contributed by atoms with Crippen LogP contribution in [0, 0.1) is 6.92 Å². The van der Waals surface area contributed by atoms with E-state index in [4.69, 9.17) is 9.47 Å².